The molecule has 1 aromatic carbocycles. The first-order valence-electron chi connectivity index (χ1n) is 6.99. The van der Waals surface area contributed by atoms with Crippen LogP contribution in [0.4, 0.5) is 0 Å². The van der Waals surface area contributed by atoms with Gasteiger partial charge in [-0.05, 0) is 17.9 Å². The van der Waals surface area contributed by atoms with Crippen LogP contribution in [0.3, 0.4) is 0 Å². The highest BCUT2D eigenvalue weighted by Crippen LogP contribution is 2.23. The Morgan fingerprint density at radius 2 is 1.64 bits per heavy atom. The molecule has 6 heteroatoms. The van der Waals surface area contributed by atoms with E-state index in [1.165, 1.54) is 0 Å². The van der Waals surface area contributed by atoms with Gasteiger partial charge in [0.25, 0.3) is 0 Å². The summed E-state index contributed by atoms with van der Waals surface area (Å²) in [6.07, 6.45) is 0.0900. The molecule has 1 rings (SSSR count). The van der Waals surface area contributed by atoms with Crippen molar-refractivity contribution in [3.05, 3.63) is 35.9 Å². The van der Waals surface area contributed by atoms with Crippen LogP contribution in [0.15, 0.2) is 30.3 Å². The van der Waals surface area contributed by atoms with Crippen LogP contribution >= 0.6 is 0 Å². The van der Waals surface area contributed by atoms with Crippen molar-refractivity contribution in [1.29, 1.82) is 0 Å². The molecule has 0 aliphatic carbocycles. The Kier molecular flexibility index (Phi) is 6.56. The van der Waals surface area contributed by atoms with Gasteiger partial charge in [-0.3, -0.25) is 14.4 Å². The zero-order chi connectivity index (χ0) is 16.7. The van der Waals surface area contributed by atoms with E-state index in [1.807, 2.05) is 0 Å². The van der Waals surface area contributed by atoms with Gasteiger partial charge in [-0.25, -0.2) is 0 Å². The van der Waals surface area contributed by atoms with E-state index < -0.39 is 29.7 Å². The number of carbonyl (C=O) groups is 3. The number of rotatable bonds is 8. The maximum atomic E-state index is 12.0. The van der Waals surface area contributed by atoms with E-state index in [1.54, 1.807) is 44.2 Å². The van der Waals surface area contributed by atoms with Gasteiger partial charge in [0.05, 0.1) is 5.92 Å². The fourth-order valence-corrected chi connectivity index (χ4v) is 2.14. The molecule has 0 aromatic heterocycles. The van der Waals surface area contributed by atoms with Crippen molar-refractivity contribution in [1.82, 2.24) is 0 Å². The normalized spacial score (nSPS) is 13.4. The van der Waals surface area contributed by atoms with Crippen molar-refractivity contribution in [2.75, 3.05) is 0 Å². The quantitative estimate of drug-likeness (QED) is 0.564. The molecule has 1 unspecified atom stereocenters. The van der Waals surface area contributed by atoms with Gasteiger partial charge >= 0.3 is 17.9 Å². The number of carboxylic acid groups (broad SMARTS) is 2. The van der Waals surface area contributed by atoms with Crippen molar-refractivity contribution in [3.8, 4) is 0 Å². The number of carbonyl (C=O) groups excluding carboxylic acids is 1. The zero-order valence-corrected chi connectivity index (χ0v) is 12.6. The molecule has 22 heavy (non-hydrogen) atoms. The highest BCUT2D eigenvalue weighted by molar-refractivity contribution is 5.98. The standard InChI is InChI=1S/C16H20O6/c1-10(2)8-12(14(17)18)13(15(19)20)16(21)22-9-11-6-4-3-5-7-11/h3-7,10,12-13H,8-9H2,1-2H3,(H,17,18)(H,19,20)/t12-,13?/m1/s1. The molecule has 1 aromatic rings. The van der Waals surface area contributed by atoms with Gasteiger partial charge in [-0.15, -0.1) is 0 Å². The first kappa shape index (κ1) is 17.7. The average molecular weight is 308 g/mol. The van der Waals surface area contributed by atoms with Crippen molar-refractivity contribution < 1.29 is 29.3 Å². The maximum absolute atomic E-state index is 12.0. The minimum Gasteiger partial charge on any atom is -0.481 e. The molecular formula is C16H20O6. The number of esters is 1. The van der Waals surface area contributed by atoms with Crippen LogP contribution in [0.5, 0.6) is 0 Å². The Bertz CT molecular complexity index is 523. The molecule has 0 saturated heterocycles. The summed E-state index contributed by atoms with van der Waals surface area (Å²) in [6, 6.07) is 8.78. The largest absolute Gasteiger partial charge is 0.481 e. The molecule has 0 bridgehead atoms. The van der Waals surface area contributed by atoms with E-state index in [4.69, 9.17) is 4.74 Å². The molecule has 0 saturated carbocycles. The molecular weight excluding hydrogens is 288 g/mol. The van der Waals surface area contributed by atoms with Crippen LogP contribution in [-0.2, 0) is 25.7 Å². The second-order valence-electron chi connectivity index (χ2n) is 5.48. The molecule has 0 aliphatic rings. The topological polar surface area (TPSA) is 101 Å². The summed E-state index contributed by atoms with van der Waals surface area (Å²) in [5.74, 6) is -6.87. The third kappa shape index (κ3) is 5.20. The number of hydrogen-bond acceptors (Lipinski definition) is 4. The second-order valence-corrected chi connectivity index (χ2v) is 5.48. The van der Waals surface area contributed by atoms with Crippen LogP contribution in [-0.4, -0.2) is 28.1 Å². The Hall–Kier alpha value is -2.37. The van der Waals surface area contributed by atoms with Gasteiger partial charge in [0.15, 0.2) is 5.92 Å². The number of carboxylic acids is 2. The first-order valence-corrected chi connectivity index (χ1v) is 6.99. The molecule has 0 fully saturated rings. The number of ether oxygens (including phenoxy) is 1. The smallest absolute Gasteiger partial charge is 0.321 e. The molecule has 120 valence electrons. The van der Waals surface area contributed by atoms with Crippen LogP contribution < -0.4 is 0 Å². The third-order valence-corrected chi connectivity index (χ3v) is 3.19. The van der Waals surface area contributed by atoms with Gasteiger partial charge in [-0.1, -0.05) is 44.2 Å². The van der Waals surface area contributed by atoms with Crippen LogP contribution in [0.2, 0.25) is 0 Å². The SMILES string of the molecule is CC(C)C[C@@H](C(=O)O)C(C(=O)O)C(=O)OCc1ccccc1. The number of aliphatic carboxylic acids is 2. The predicted octanol–water partition coefficient (Wildman–Crippen LogP) is 2.18. The number of hydrogen-bond donors (Lipinski definition) is 2. The average Bonchev–Trinajstić information content (AvgIpc) is 2.44. The maximum Gasteiger partial charge on any atom is 0.321 e. The van der Waals surface area contributed by atoms with Gasteiger partial charge in [0.2, 0.25) is 0 Å². The molecule has 0 heterocycles. The fraction of sp³-hybridized carbons (Fsp3) is 0.438. The van der Waals surface area contributed by atoms with Crippen molar-refractivity contribution in [3.63, 3.8) is 0 Å². The van der Waals surface area contributed by atoms with E-state index in [0.29, 0.717) is 5.56 Å². The molecule has 6 nitrogen and oxygen atoms in total. The Morgan fingerprint density at radius 1 is 1.05 bits per heavy atom. The first-order chi connectivity index (χ1) is 10.3. The van der Waals surface area contributed by atoms with Crippen LogP contribution in [0.1, 0.15) is 25.8 Å². The lowest BCUT2D eigenvalue weighted by Crippen LogP contribution is -2.37. The minimum atomic E-state index is -1.70. The van der Waals surface area contributed by atoms with Crippen molar-refractivity contribution >= 4 is 17.9 Å². The summed E-state index contributed by atoms with van der Waals surface area (Å²) in [7, 11) is 0. The van der Waals surface area contributed by atoms with E-state index in [0.717, 1.165) is 0 Å². The monoisotopic (exact) mass is 308 g/mol. The highest BCUT2D eigenvalue weighted by Gasteiger charge is 2.41. The summed E-state index contributed by atoms with van der Waals surface area (Å²) in [5, 5.41) is 18.4. The molecule has 2 atom stereocenters. The lowest BCUT2D eigenvalue weighted by molar-refractivity contribution is -0.168. The van der Waals surface area contributed by atoms with Crippen LogP contribution in [0.25, 0.3) is 0 Å². The van der Waals surface area contributed by atoms with Gasteiger partial charge in [-0.2, -0.15) is 0 Å². The van der Waals surface area contributed by atoms with Crippen molar-refractivity contribution in [2.24, 2.45) is 17.8 Å². The molecule has 0 spiro atoms. The second kappa shape index (κ2) is 8.17. The highest BCUT2D eigenvalue weighted by atomic mass is 16.5. The molecule has 0 amide bonds. The van der Waals surface area contributed by atoms with E-state index in [9.17, 15) is 24.6 Å². The zero-order valence-electron chi connectivity index (χ0n) is 12.6. The summed E-state index contributed by atoms with van der Waals surface area (Å²) in [6.45, 7) is 3.45. The van der Waals surface area contributed by atoms with E-state index >= 15 is 0 Å². The lowest BCUT2D eigenvalue weighted by Gasteiger charge is -2.20. The fourth-order valence-electron chi connectivity index (χ4n) is 2.14. The summed E-state index contributed by atoms with van der Waals surface area (Å²) in [5.41, 5.74) is 0.704. The van der Waals surface area contributed by atoms with Gasteiger partial charge < -0.3 is 14.9 Å². The van der Waals surface area contributed by atoms with E-state index in [2.05, 4.69) is 0 Å². The molecule has 0 aliphatic heterocycles. The summed E-state index contributed by atoms with van der Waals surface area (Å²) >= 11 is 0. The Morgan fingerprint density at radius 3 is 2.09 bits per heavy atom. The van der Waals surface area contributed by atoms with Gasteiger partial charge in [0.1, 0.15) is 6.61 Å². The molecule has 2 N–H and O–H groups in total. The lowest BCUT2D eigenvalue weighted by atomic mass is 9.85. The summed E-state index contributed by atoms with van der Waals surface area (Å²) in [4.78, 5) is 34.6. The third-order valence-electron chi connectivity index (χ3n) is 3.19. The predicted molar refractivity (Wildman–Crippen MR) is 77.9 cm³/mol. The minimum absolute atomic E-state index is 0.0510. The summed E-state index contributed by atoms with van der Waals surface area (Å²) < 4.78 is 4.98. The molecule has 0 radical (unpaired) electrons. The Balaban J connectivity index is 2.82. The van der Waals surface area contributed by atoms with Crippen LogP contribution in [0, 0.1) is 17.8 Å². The van der Waals surface area contributed by atoms with Crippen molar-refractivity contribution in [2.45, 2.75) is 26.9 Å². The number of benzene rings is 1. The Labute approximate surface area is 128 Å². The van der Waals surface area contributed by atoms with Gasteiger partial charge in [0, 0.05) is 0 Å². The van der Waals surface area contributed by atoms with E-state index in [-0.39, 0.29) is 18.9 Å².